The summed E-state index contributed by atoms with van der Waals surface area (Å²) < 4.78 is 45.3. The molecule has 0 aliphatic carbocycles. The van der Waals surface area contributed by atoms with Gasteiger partial charge in [-0.3, -0.25) is 0 Å². The van der Waals surface area contributed by atoms with Crippen LogP contribution >= 0.6 is 0 Å². The van der Waals surface area contributed by atoms with E-state index in [0.717, 1.165) is 5.39 Å². The van der Waals surface area contributed by atoms with Crippen LogP contribution in [0.5, 0.6) is 0 Å². The SMILES string of the molecule is OC(CCOCC(F)(F)F)c1cc2ccccc2o1. The lowest BCUT2D eigenvalue weighted by atomic mass is 10.2. The van der Waals surface area contributed by atoms with E-state index in [-0.39, 0.29) is 13.0 Å². The van der Waals surface area contributed by atoms with Crippen LogP contribution in [0.2, 0.25) is 0 Å². The molecular formula is C13H13F3O3. The highest BCUT2D eigenvalue weighted by molar-refractivity contribution is 5.77. The van der Waals surface area contributed by atoms with E-state index >= 15 is 0 Å². The first-order valence-corrected chi connectivity index (χ1v) is 5.77. The van der Waals surface area contributed by atoms with E-state index < -0.39 is 18.9 Å². The zero-order valence-electron chi connectivity index (χ0n) is 9.98. The third kappa shape index (κ3) is 3.97. The van der Waals surface area contributed by atoms with Gasteiger partial charge in [-0.15, -0.1) is 0 Å². The molecule has 1 heterocycles. The summed E-state index contributed by atoms with van der Waals surface area (Å²) >= 11 is 0. The Morgan fingerprint density at radius 1 is 1.26 bits per heavy atom. The van der Waals surface area contributed by atoms with Gasteiger partial charge in [0.1, 0.15) is 24.1 Å². The highest BCUT2D eigenvalue weighted by atomic mass is 19.4. The molecule has 1 N–H and O–H groups in total. The van der Waals surface area contributed by atoms with Gasteiger partial charge in [-0.2, -0.15) is 13.2 Å². The Hall–Kier alpha value is -1.53. The van der Waals surface area contributed by atoms with Crippen molar-refractivity contribution in [1.29, 1.82) is 0 Å². The fourth-order valence-electron chi connectivity index (χ4n) is 1.69. The molecule has 3 nitrogen and oxygen atoms in total. The van der Waals surface area contributed by atoms with Gasteiger partial charge in [0.2, 0.25) is 0 Å². The lowest BCUT2D eigenvalue weighted by Gasteiger charge is -2.09. The highest BCUT2D eigenvalue weighted by Gasteiger charge is 2.27. The Morgan fingerprint density at radius 2 is 2.00 bits per heavy atom. The molecule has 0 spiro atoms. The molecule has 0 aliphatic heterocycles. The van der Waals surface area contributed by atoms with Crippen molar-refractivity contribution in [2.45, 2.75) is 18.7 Å². The highest BCUT2D eigenvalue weighted by Crippen LogP contribution is 2.25. The summed E-state index contributed by atoms with van der Waals surface area (Å²) in [4.78, 5) is 0. The zero-order chi connectivity index (χ0) is 13.9. The van der Waals surface area contributed by atoms with E-state index in [1.54, 1.807) is 18.2 Å². The van der Waals surface area contributed by atoms with Crippen LogP contribution in [-0.2, 0) is 4.74 Å². The topological polar surface area (TPSA) is 42.6 Å². The number of benzene rings is 1. The molecule has 0 amide bonds. The van der Waals surface area contributed by atoms with Gasteiger partial charge in [0, 0.05) is 18.4 Å². The van der Waals surface area contributed by atoms with Gasteiger partial charge in [0.15, 0.2) is 0 Å². The standard InChI is InChI=1S/C13H13F3O3/c14-13(15,16)8-18-6-5-10(17)12-7-9-3-1-2-4-11(9)19-12/h1-4,7,10,17H,5-6,8H2. The Balaban J connectivity index is 1.87. The van der Waals surface area contributed by atoms with Gasteiger partial charge in [-0.1, -0.05) is 18.2 Å². The number of ether oxygens (including phenoxy) is 1. The summed E-state index contributed by atoms with van der Waals surface area (Å²) in [6.45, 7) is -1.49. The molecular weight excluding hydrogens is 261 g/mol. The second-order valence-corrected chi connectivity index (χ2v) is 4.16. The Morgan fingerprint density at radius 3 is 2.68 bits per heavy atom. The van der Waals surface area contributed by atoms with Gasteiger partial charge in [0.25, 0.3) is 0 Å². The van der Waals surface area contributed by atoms with Crippen LogP contribution in [0.1, 0.15) is 18.3 Å². The van der Waals surface area contributed by atoms with Crippen molar-refractivity contribution >= 4 is 11.0 Å². The molecule has 2 rings (SSSR count). The smallest absolute Gasteiger partial charge is 0.411 e. The summed E-state index contributed by atoms with van der Waals surface area (Å²) in [6, 6.07) is 8.89. The monoisotopic (exact) mass is 274 g/mol. The number of para-hydroxylation sites is 1. The van der Waals surface area contributed by atoms with Crippen LogP contribution in [0, 0.1) is 0 Å². The van der Waals surface area contributed by atoms with Crippen LogP contribution in [0.4, 0.5) is 13.2 Å². The molecule has 104 valence electrons. The molecule has 1 unspecified atom stereocenters. The number of aliphatic hydroxyl groups is 1. The maximum Gasteiger partial charge on any atom is 0.411 e. The van der Waals surface area contributed by atoms with E-state index in [4.69, 9.17) is 4.42 Å². The van der Waals surface area contributed by atoms with E-state index in [0.29, 0.717) is 11.3 Å². The molecule has 0 saturated carbocycles. The van der Waals surface area contributed by atoms with Crippen molar-refractivity contribution in [3.8, 4) is 0 Å². The first-order valence-electron chi connectivity index (χ1n) is 5.77. The van der Waals surface area contributed by atoms with Crippen molar-refractivity contribution in [2.24, 2.45) is 0 Å². The number of halogens is 3. The second-order valence-electron chi connectivity index (χ2n) is 4.16. The number of aliphatic hydroxyl groups excluding tert-OH is 1. The Bertz CT molecular complexity index is 500. The van der Waals surface area contributed by atoms with Crippen LogP contribution in [0.3, 0.4) is 0 Å². The number of hydrogen-bond donors (Lipinski definition) is 1. The maximum atomic E-state index is 11.8. The first-order chi connectivity index (χ1) is 8.96. The predicted octanol–water partition coefficient (Wildman–Crippen LogP) is 3.44. The Kier molecular flexibility index (Phi) is 4.11. The van der Waals surface area contributed by atoms with Crippen molar-refractivity contribution in [3.63, 3.8) is 0 Å². The average molecular weight is 274 g/mol. The van der Waals surface area contributed by atoms with Gasteiger partial charge in [-0.05, 0) is 12.1 Å². The van der Waals surface area contributed by atoms with E-state index in [1.807, 2.05) is 12.1 Å². The van der Waals surface area contributed by atoms with Crippen molar-refractivity contribution < 1.29 is 27.4 Å². The minimum atomic E-state index is -4.34. The maximum absolute atomic E-state index is 11.8. The van der Waals surface area contributed by atoms with Gasteiger partial charge >= 0.3 is 6.18 Å². The van der Waals surface area contributed by atoms with Gasteiger partial charge in [0.05, 0.1) is 0 Å². The fraction of sp³-hybridized carbons (Fsp3) is 0.385. The number of alkyl halides is 3. The Labute approximate surface area is 107 Å². The summed E-state index contributed by atoms with van der Waals surface area (Å²) in [7, 11) is 0. The summed E-state index contributed by atoms with van der Waals surface area (Å²) in [5.41, 5.74) is 0.632. The fourth-order valence-corrected chi connectivity index (χ4v) is 1.69. The second kappa shape index (κ2) is 5.63. The number of hydrogen-bond acceptors (Lipinski definition) is 3. The molecule has 1 atom stereocenters. The van der Waals surface area contributed by atoms with E-state index in [1.165, 1.54) is 0 Å². The summed E-state index contributed by atoms with van der Waals surface area (Å²) in [5.74, 6) is 0.330. The molecule has 0 bridgehead atoms. The third-order valence-electron chi connectivity index (χ3n) is 2.57. The zero-order valence-corrected chi connectivity index (χ0v) is 9.98. The van der Waals surface area contributed by atoms with Crippen molar-refractivity contribution in [2.75, 3.05) is 13.2 Å². The molecule has 6 heteroatoms. The molecule has 1 aromatic heterocycles. The minimum absolute atomic E-state index is 0.0515. The van der Waals surface area contributed by atoms with Crippen LogP contribution in [0.15, 0.2) is 34.7 Å². The van der Waals surface area contributed by atoms with Crippen molar-refractivity contribution in [3.05, 3.63) is 36.1 Å². The molecule has 0 saturated heterocycles. The van der Waals surface area contributed by atoms with Crippen LogP contribution in [-0.4, -0.2) is 24.5 Å². The largest absolute Gasteiger partial charge is 0.458 e. The molecule has 0 fully saturated rings. The number of furan rings is 1. The first kappa shape index (κ1) is 13.9. The van der Waals surface area contributed by atoms with Crippen LogP contribution < -0.4 is 0 Å². The van der Waals surface area contributed by atoms with Gasteiger partial charge in [-0.25, -0.2) is 0 Å². The summed E-state index contributed by atoms with van der Waals surface area (Å²) in [6.07, 6.45) is -5.26. The average Bonchev–Trinajstić information content (AvgIpc) is 2.77. The molecule has 1 aromatic carbocycles. The predicted molar refractivity (Wildman–Crippen MR) is 62.7 cm³/mol. The van der Waals surface area contributed by atoms with E-state index in [9.17, 15) is 18.3 Å². The normalized spacial score (nSPS) is 13.9. The quantitative estimate of drug-likeness (QED) is 0.849. The number of fused-ring (bicyclic) bond motifs is 1. The summed E-state index contributed by atoms with van der Waals surface area (Å²) in [5, 5.41) is 10.6. The lowest BCUT2D eigenvalue weighted by molar-refractivity contribution is -0.175. The van der Waals surface area contributed by atoms with Crippen molar-refractivity contribution in [1.82, 2.24) is 0 Å². The minimum Gasteiger partial charge on any atom is -0.458 e. The third-order valence-corrected chi connectivity index (χ3v) is 2.57. The van der Waals surface area contributed by atoms with E-state index in [2.05, 4.69) is 4.74 Å². The molecule has 2 aromatic rings. The lowest BCUT2D eigenvalue weighted by Crippen LogP contribution is -2.18. The molecule has 0 radical (unpaired) electrons. The number of rotatable bonds is 5. The van der Waals surface area contributed by atoms with Gasteiger partial charge < -0.3 is 14.3 Å². The molecule has 0 aliphatic rings. The molecule has 19 heavy (non-hydrogen) atoms. The van der Waals surface area contributed by atoms with Crippen LogP contribution in [0.25, 0.3) is 11.0 Å².